The van der Waals surface area contributed by atoms with Gasteiger partial charge in [-0.15, -0.1) is 0 Å². The van der Waals surface area contributed by atoms with E-state index in [1.807, 2.05) is 37.3 Å². The molecule has 192 valence electrons. The summed E-state index contributed by atoms with van der Waals surface area (Å²) in [5.41, 5.74) is 3.61. The summed E-state index contributed by atoms with van der Waals surface area (Å²) in [4.78, 5) is 24.7. The number of benzene rings is 3. The van der Waals surface area contributed by atoms with Crippen LogP contribution in [0.5, 0.6) is 23.0 Å². The first-order valence-corrected chi connectivity index (χ1v) is 12.2. The summed E-state index contributed by atoms with van der Waals surface area (Å²) in [5, 5.41) is 20.2. The maximum atomic E-state index is 13.0. The van der Waals surface area contributed by atoms with Crippen molar-refractivity contribution < 1.29 is 38.7 Å². The van der Waals surface area contributed by atoms with Crippen molar-refractivity contribution >= 4 is 11.9 Å². The molecule has 8 heteroatoms. The number of hydrogen-bond donors (Lipinski definition) is 2. The standard InChI is InChI=1S/C29H28O8/c1-3-10-35-19-6-8-21-22(14-19)27(20-7-5-18(34-2)11-17(20)13-25(30)31)28(29(32)33)26(21)16-4-9-23-24(12-16)37-15-36-23/h4-9,11-12,14,26-28H,3,10,13,15H2,1-2H3,(H,30,31)(H,32,33). The zero-order chi connectivity index (χ0) is 26.1. The molecule has 0 amide bonds. The van der Waals surface area contributed by atoms with E-state index < -0.39 is 29.7 Å². The van der Waals surface area contributed by atoms with E-state index in [9.17, 15) is 19.8 Å². The third-order valence-corrected chi connectivity index (χ3v) is 6.99. The Morgan fingerprint density at radius 3 is 2.38 bits per heavy atom. The van der Waals surface area contributed by atoms with Crippen LogP contribution in [0.1, 0.15) is 53.0 Å². The number of methoxy groups -OCH3 is 1. The third-order valence-electron chi connectivity index (χ3n) is 6.99. The van der Waals surface area contributed by atoms with E-state index in [0.717, 1.165) is 23.1 Å². The predicted octanol–water partition coefficient (Wildman–Crippen LogP) is 4.82. The average molecular weight is 505 g/mol. The lowest BCUT2D eigenvalue weighted by Gasteiger charge is -2.25. The molecule has 3 unspecified atom stereocenters. The summed E-state index contributed by atoms with van der Waals surface area (Å²) >= 11 is 0. The van der Waals surface area contributed by atoms with E-state index in [4.69, 9.17) is 18.9 Å². The van der Waals surface area contributed by atoms with Gasteiger partial charge in [0.25, 0.3) is 0 Å². The van der Waals surface area contributed by atoms with E-state index in [1.54, 1.807) is 24.3 Å². The van der Waals surface area contributed by atoms with E-state index >= 15 is 0 Å². The molecule has 5 rings (SSSR count). The van der Waals surface area contributed by atoms with Crippen LogP contribution in [0, 0.1) is 5.92 Å². The van der Waals surface area contributed by atoms with Crippen LogP contribution in [0.15, 0.2) is 54.6 Å². The van der Waals surface area contributed by atoms with E-state index in [1.165, 1.54) is 7.11 Å². The molecule has 1 aliphatic carbocycles. The number of aliphatic carboxylic acids is 2. The molecule has 3 aromatic carbocycles. The molecule has 0 spiro atoms. The smallest absolute Gasteiger partial charge is 0.308 e. The number of carboxylic acid groups (broad SMARTS) is 2. The zero-order valence-electron chi connectivity index (χ0n) is 20.6. The van der Waals surface area contributed by atoms with Crippen LogP contribution in [0.3, 0.4) is 0 Å². The molecular formula is C29H28O8. The number of ether oxygens (including phenoxy) is 4. The first-order valence-electron chi connectivity index (χ1n) is 12.2. The quantitative estimate of drug-likeness (QED) is 0.427. The fraction of sp³-hybridized carbons (Fsp3) is 0.310. The van der Waals surface area contributed by atoms with Crippen molar-refractivity contribution in [2.75, 3.05) is 20.5 Å². The molecule has 0 aromatic heterocycles. The van der Waals surface area contributed by atoms with Crippen molar-refractivity contribution in [3.05, 3.63) is 82.4 Å². The van der Waals surface area contributed by atoms with Gasteiger partial charge < -0.3 is 29.2 Å². The number of rotatable bonds is 9. The Morgan fingerprint density at radius 1 is 0.892 bits per heavy atom. The monoisotopic (exact) mass is 504 g/mol. The lowest BCUT2D eigenvalue weighted by atomic mass is 9.78. The Balaban J connectivity index is 1.71. The minimum Gasteiger partial charge on any atom is -0.497 e. The van der Waals surface area contributed by atoms with Gasteiger partial charge in [0.1, 0.15) is 11.5 Å². The first kappa shape index (κ1) is 24.5. The molecule has 2 N–H and O–H groups in total. The van der Waals surface area contributed by atoms with Crippen LogP contribution < -0.4 is 18.9 Å². The molecule has 1 heterocycles. The van der Waals surface area contributed by atoms with Crippen molar-refractivity contribution in [2.24, 2.45) is 5.92 Å². The highest BCUT2D eigenvalue weighted by Crippen LogP contribution is 2.55. The molecule has 0 radical (unpaired) electrons. The molecule has 8 nitrogen and oxygen atoms in total. The molecule has 37 heavy (non-hydrogen) atoms. The van der Waals surface area contributed by atoms with Gasteiger partial charge in [-0.05, 0) is 70.6 Å². The summed E-state index contributed by atoms with van der Waals surface area (Å²) in [6, 6.07) is 16.4. The van der Waals surface area contributed by atoms with Gasteiger partial charge >= 0.3 is 11.9 Å². The second-order valence-corrected chi connectivity index (χ2v) is 9.21. The molecule has 3 aromatic rings. The lowest BCUT2D eigenvalue weighted by molar-refractivity contribution is -0.142. The average Bonchev–Trinajstić information content (AvgIpc) is 3.48. The van der Waals surface area contributed by atoms with Crippen LogP contribution in [0.4, 0.5) is 0 Å². The fourth-order valence-electron chi connectivity index (χ4n) is 5.46. The zero-order valence-corrected chi connectivity index (χ0v) is 20.6. The van der Waals surface area contributed by atoms with Gasteiger partial charge in [-0.25, -0.2) is 0 Å². The molecule has 0 saturated carbocycles. The third kappa shape index (κ3) is 4.55. The van der Waals surface area contributed by atoms with Crippen molar-refractivity contribution in [2.45, 2.75) is 31.6 Å². The topological polar surface area (TPSA) is 112 Å². The fourth-order valence-corrected chi connectivity index (χ4v) is 5.46. The Morgan fingerprint density at radius 2 is 1.65 bits per heavy atom. The van der Waals surface area contributed by atoms with Crippen LogP contribution in [-0.4, -0.2) is 42.7 Å². The van der Waals surface area contributed by atoms with Gasteiger partial charge in [0.05, 0.1) is 26.1 Å². The second kappa shape index (κ2) is 10.0. The Labute approximate surface area is 214 Å². The Bertz CT molecular complexity index is 1350. The summed E-state index contributed by atoms with van der Waals surface area (Å²) in [6.07, 6.45) is 0.574. The summed E-state index contributed by atoms with van der Waals surface area (Å²) in [6.45, 7) is 2.67. The summed E-state index contributed by atoms with van der Waals surface area (Å²) in [5.74, 6) is -1.62. The largest absolute Gasteiger partial charge is 0.497 e. The SMILES string of the molecule is CCCOc1ccc2c(c1)C(c1ccc(OC)cc1CC(=O)O)C(C(=O)O)C2c1ccc2c(c1)OCO2. The summed E-state index contributed by atoms with van der Waals surface area (Å²) in [7, 11) is 1.51. The van der Waals surface area contributed by atoms with Crippen molar-refractivity contribution in [3.8, 4) is 23.0 Å². The van der Waals surface area contributed by atoms with Gasteiger partial charge in [0.15, 0.2) is 11.5 Å². The minimum atomic E-state index is -1.01. The van der Waals surface area contributed by atoms with Gasteiger partial charge in [-0.3, -0.25) is 9.59 Å². The highest BCUT2D eigenvalue weighted by molar-refractivity contribution is 5.79. The Hall–Kier alpha value is -4.20. The molecule has 0 bridgehead atoms. The molecule has 3 atom stereocenters. The number of hydrogen-bond acceptors (Lipinski definition) is 6. The van der Waals surface area contributed by atoms with Gasteiger partial charge in [0, 0.05) is 11.8 Å². The van der Waals surface area contributed by atoms with E-state index in [-0.39, 0.29) is 13.2 Å². The molecule has 0 saturated heterocycles. The molecule has 2 aliphatic rings. The maximum Gasteiger partial charge on any atom is 0.308 e. The number of carbonyl (C=O) groups is 2. The second-order valence-electron chi connectivity index (χ2n) is 9.21. The van der Waals surface area contributed by atoms with Crippen LogP contribution >= 0.6 is 0 Å². The molecular weight excluding hydrogens is 476 g/mol. The van der Waals surface area contributed by atoms with Crippen LogP contribution in [-0.2, 0) is 16.0 Å². The molecule has 1 aliphatic heterocycles. The highest BCUT2D eigenvalue weighted by Gasteiger charge is 2.47. The van der Waals surface area contributed by atoms with Crippen LogP contribution in [0.2, 0.25) is 0 Å². The maximum absolute atomic E-state index is 13.0. The molecule has 0 fully saturated rings. The Kier molecular flexibility index (Phi) is 6.65. The predicted molar refractivity (Wildman–Crippen MR) is 134 cm³/mol. The first-order chi connectivity index (χ1) is 17.9. The highest BCUT2D eigenvalue weighted by atomic mass is 16.7. The van der Waals surface area contributed by atoms with Gasteiger partial charge in [-0.1, -0.05) is 25.1 Å². The number of fused-ring (bicyclic) bond motifs is 2. The lowest BCUT2D eigenvalue weighted by Crippen LogP contribution is -2.25. The van der Waals surface area contributed by atoms with Gasteiger partial charge in [-0.2, -0.15) is 0 Å². The van der Waals surface area contributed by atoms with Crippen molar-refractivity contribution in [3.63, 3.8) is 0 Å². The normalized spacial score (nSPS) is 19.4. The number of carboxylic acids is 2. The van der Waals surface area contributed by atoms with E-state index in [2.05, 4.69) is 0 Å². The summed E-state index contributed by atoms with van der Waals surface area (Å²) < 4.78 is 22.3. The van der Waals surface area contributed by atoms with Crippen molar-refractivity contribution in [1.82, 2.24) is 0 Å². The van der Waals surface area contributed by atoms with Gasteiger partial charge in [0.2, 0.25) is 6.79 Å². The van der Waals surface area contributed by atoms with E-state index in [0.29, 0.717) is 40.7 Å². The minimum absolute atomic E-state index is 0.119. The van der Waals surface area contributed by atoms with Crippen molar-refractivity contribution in [1.29, 1.82) is 0 Å². The van der Waals surface area contributed by atoms with Crippen LogP contribution in [0.25, 0.3) is 0 Å².